The summed E-state index contributed by atoms with van der Waals surface area (Å²) in [4.78, 5) is 12.6. The molecule has 1 aromatic carbocycles. The van der Waals surface area contributed by atoms with Crippen molar-refractivity contribution in [3.8, 4) is 0 Å². The van der Waals surface area contributed by atoms with Gasteiger partial charge in [0.1, 0.15) is 10.7 Å². The smallest absolute Gasteiger partial charge is 0.272 e. The number of nitrogens with zero attached hydrogens (tertiary/aromatic N) is 2. The molecule has 0 radical (unpaired) electrons. The number of nitro groups is 1. The molecule has 0 atom stereocenters. The zero-order valence-corrected chi connectivity index (χ0v) is 11.2. The number of benzene rings is 1. The highest BCUT2D eigenvalue weighted by Gasteiger charge is 2.21. The van der Waals surface area contributed by atoms with Crippen molar-refractivity contribution in [2.45, 2.75) is 4.90 Å². The van der Waals surface area contributed by atoms with Crippen molar-refractivity contribution in [1.29, 1.82) is 0 Å². The third kappa shape index (κ3) is 3.23. The first-order chi connectivity index (χ1) is 9.79. The Morgan fingerprint density at radius 2 is 2.00 bits per heavy atom. The van der Waals surface area contributed by atoms with E-state index in [1.54, 1.807) is 0 Å². The van der Waals surface area contributed by atoms with Crippen LogP contribution in [0.25, 0.3) is 0 Å². The second-order valence-corrected chi connectivity index (χ2v) is 5.60. The van der Waals surface area contributed by atoms with Gasteiger partial charge in [0.15, 0.2) is 5.82 Å². The number of nitrogens with two attached hydrogens (primary N) is 1. The first-order valence-corrected chi connectivity index (χ1v) is 6.96. The summed E-state index contributed by atoms with van der Waals surface area (Å²) in [6, 6.07) is 4.97. The zero-order valence-electron chi connectivity index (χ0n) is 10.4. The lowest BCUT2D eigenvalue weighted by Gasteiger charge is -2.08. The Morgan fingerprint density at radius 3 is 2.52 bits per heavy atom. The Morgan fingerprint density at radius 1 is 1.29 bits per heavy atom. The molecule has 0 aliphatic heterocycles. The van der Waals surface area contributed by atoms with E-state index in [-0.39, 0.29) is 11.5 Å². The first-order valence-electron chi connectivity index (χ1n) is 5.48. The van der Waals surface area contributed by atoms with Crippen LogP contribution < -0.4 is 10.5 Å². The number of aromatic nitrogens is 1. The molecule has 8 nitrogen and oxygen atoms in total. The number of non-ortho nitro benzene ring substituents is 1. The van der Waals surface area contributed by atoms with Crippen LogP contribution in [0.2, 0.25) is 0 Å². The number of hydrogen-bond acceptors (Lipinski definition) is 6. The lowest BCUT2D eigenvalue weighted by Crippen LogP contribution is -2.15. The number of rotatable bonds is 4. The van der Waals surface area contributed by atoms with Crippen molar-refractivity contribution >= 4 is 27.2 Å². The predicted octanol–water partition coefficient (Wildman–Crippen LogP) is 1.51. The molecule has 110 valence electrons. The second kappa shape index (κ2) is 5.32. The third-order valence-corrected chi connectivity index (χ3v) is 3.87. The lowest BCUT2D eigenvalue weighted by atomic mass is 10.3. The third-order valence-electron chi connectivity index (χ3n) is 2.45. The molecule has 1 heterocycles. The summed E-state index contributed by atoms with van der Waals surface area (Å²) in [6.07, 6.45) is 1.16. The van der Waals surface area contributed by atoms with Gasteiger partial charge < -0.3 is 5.73 Å². The summed E-state index contributed by atoms with van der Waals surface area (Å²) in [5.41, 5.74) is 4.90. The van der Waals surface area contributed by atoms with E-state index in [0.29, 0.717) is 6.07 Å². The van der Waals surface area contributed by atoms with Crippen molar-refractivity contribution in [3.63, 3.8) is 0 Å². The number of hydrogen-bond donors (Lipinski definition) is 2. The number of nitrogens with one attached hydrogen (secondary N) is 1. The number of sulfonamides is 1. The van der Waals surface area contributed by atoms with Crippen molar-refractivity contribution < 1.29 is 17.7 Å². The molecule has 10 heteroatoms. The summed E-state index contributed by atoms with van der Waals surface area (Å²) in [5.74, 6) is -1.03. The van der Waals surface area contributed by atoms with Gasteiger partial charge in [-0.1, -0.05) is 0 Å². The van der Waals surface area contributed by atoms with Crippen molar-refractivity contribution in [2.75, 3.05) is 10.5 Å². The number of nitro benzene ring substituents is 1. The van der Waals surface area contributed by atoms with Gasteiger partial charge in [0, 0.05) is 6.07 Å². The highest BCUT2D eigenvalue weighted by Crippen LogP contribution is 2.22. The minimum absolute atomic E-state index is 0.0851. The maximum atomic E-state index is 13.7. The molecule has 0 unspecified atom stereocenters. The van der Waals surface area contributed by atoms with Crippen molar-refractivity contribution in [2.24, 2.45) is 0 Å². The highest BCUT2D eigenvalue weighted by atomic mass is 32.2. The SMILES string of the molecule is Nc1ccc(NS(=O)(=O)c2ccc([N+](=O)[O-])cc2F)cn1. The van der Waals surface area contributed by atoms with Crippen LogP contribution in [0.4, 0.5) is 21.6 Å². The monoisotopic (exact) mass is 312 g/mol. The normalized spacial score (nSPS) is 11.1. The lowest BCUT2D eigenvalue weighted by molar-refractivity contribution is -0.385. The maximum Gasteiger partial charge on any atom is 0.272 e. The molecule has 2 rings (SSSR count). The number of nitrogen functional groups attached to an aromatic ring is 1. The van der Waals surface area contributed by atoms with E-state index >= 15 is 0 Å². The summed E-state index contributed by atoms with van der Waals surface area (Å²) in [5, 5.41) is 10.5. The van der Waals surface area contributed by atoms with Gasteiger partial charge in [-0.3, -0.25) is 14.8 Å². The van der Waals surface area contributed by atoms with E-state index in [4.69, 9.17) is 5.73 Å². The molecule has 0 bridgehead atoms. The molecular formula is C11H9FN4O4S. The second-order valence-electron chi connectivity index (χ2n) is 3.95. The molecule has 0 aliphatic carbocycles. The van der Waals surface area contributed by atoms with Crippen LogP contribution in [-0.4, -0.2) is 18.3 Å². The molecule has 3 N–H and O–H groups in total. The fourth-order valence-corrected chi connectivity index (χ4v) is 2.60. The Kier molecular flexibility index (Phi) is 3.72. The van der Waals surface area contributed by atoms with E-state index in [1.165, 1.54) is 12.1 Å². The van der Waals surface area contributed by atoms with E-state index in [2.05, 4.69) is 9.71 Å². The summed E-state index contributed by atoms with van der Waals surface area (Å²) in [7, 11) is -4.23. The number of halogens is 1. The van der Waals surface area contributed by atoms with Crippen molar-refractivity contribution in [3.05, 3.63) is 52.5 Å². The van der Waals surface area contributed by atoms with Gasteiger partial charge in [0.05, 0.1) is 22.9 Å². The van der Waals surface area contributed by atoms with E-state index in [9.17, 15) is 22.9 Å². The molecule has 1 aromatic heterocycles. The number of pyridine rings is 1. The Balaban J connectivity index is 2.35. The highest BCUT2D eigenvalue weighted by molar-refractivity contribution is 7.92. The molecular weight excluding hydrogens is 303 g/mol. The molecule has 0 saturated heterocycles. The number of anilines is 2. The zero-order chi connectivity index (χ0) is 15.6. The van der Waals surface area contributed by atoms with Crippen LogP contribution in [0.1, 0.15) is 0 Å². The van der Waals surface area contributed by atoms with Crippen LogP contribution in [0.5, 0.6) is 0 Å². The van der Waals surface area contributed by atoms with Crippen LogP contribution in [-0.2, 0) is 10.0 Å². The average Bonchev–Trinajstić information content (AvgIpc) is 2.40. The Hall–Kier alpha value is -2.75. The van der Waals surface area contributed by atoms with Gasteiger partial charge in [-0.2, -0.15) is 0 Å². The van der Waals surface area contributed by atoms with Crippen LogP contribution in [0.15, 0.2) is 41.4 Å². The summed E-state index contributed by atoms with van der Waals surface area (Å²) < 4.78 is 39.8. The van der Waals surface area contributed by atoms with Gasteiger partial charge in [0.25, 0.3) is 15.7 Å². The molecule has 21 heavy (non-hydrogen) atoms. The molecule has 0 amide bonds. The Bertz CT molecular complexity index is 792. The molecule has 0 saturated carbocycles. The van der Waals surface area contributed by atoms with E-state index in [1.807, 2.05) is 0 Å². The van der Waals surface area contributed by atoms with Crippen molar-refractivity contribution in [1.82, 2.24) is 4.98 Å². The van der Waals surface area contributed by atoms with Crippen LogP contribution >= 0.6 is 0 Å². The first kappa shape index (κ1) is 14.7. The van der Waals surface area contributed by atoms with Gasteiger partial charge >= 0.3 is 0 Å². The van der Waals surface area contributed by atoms with E-state index < -0.39 is 31.3 Å². The molecule has 0 fully saturated rings. The fourth-order valence-electron chi connectivity index (χ4n) is 1.50. The van der Waals surface area contributed by atoms with Gasteiger partial charge in [-0.25, -0.2) is 17.8 Å². The predicted molar refractivity (Wildman–Crippen MR) is 72.5 cm³/mol. The fraction of sp³-hybridized carbons (Fsp3) is 0. The minimum atomic E-state index is -4.23. The maximum absolute atomic E-state index is 13.7. The summed E-state index contributed by atoms with van der Waals surface area (Å²) >= 11 is 0. The van der Waals surface area contributed by atoms with Crippen LogP contribution in [0, 0.1) is 15.9 Å². The summed E-state index contributed by atoms with van der Waals surface area (Å²) in [6.45, 7) is 0. The minimum Gasteiger partial charge on any atom is -0.384 e. The topological polar surface area (TPSA) is 128 Å². The largest absolute Gasteiger partial charge is 0.384 e. The quantitative estimate of drug-likeness (QED) is 0.650. The average molecular weight is 312 g/mol. The van der Waals surface area contributed by atoms with Crippen LogP contribution in [0.3, 0.4) is 0 Å². The van der Waals surface area contributed by atoms with Gasteiger partial charge in [0.2, 0.25) is 0 Å². The molecule has 0 aliphatic rings. The van der Waals surface area contributed by atoms with E-state index in [0.717, 1.165) is 18.3 Å². The molecule has 0 spiro atoms. The van der Waals surface area contributed by atoms with Gasteiger partial charge in [-0.05, 0) is 18.2 Å². The molecule has 2 aromatic rings. The van der Waals surface area contributed by atoms with Gasteiger partial charge in [-0.15, -0.1) is 0 Å². The standard InChI is InChI=1S/C11H9FN4O4S/c12-9-5-8(16(17)18)2-3-10(9)21(19,20)15-7-1-4-11(13)14-6-7/h1-6,15H,(H2,13,14). The Labute approximate surface area is 118 Å².